The van der Waals surface area contributed by atoms with Gasteiger partial charge < -0.3 is 5.11 Å². The topological polar surface area (TPSA) is 20.2 Å². The number of rotatable bonds is 0. The molecule has 110 valence electrons. The van der Waals surface area contributed by atoms with Crippen molar-refractivity contribution in [2.24, 2.45) is 17.3 Å². The second-order valence-corrected chi connectivity index (χ2v) is 7.27. The normalized spacial score (nSPS) is 39.0. The molecule has 3 aliphatic rings. The SMILES string of the molecule is CC=C1CCC2C3C=Cc4cc(O)ccc4C3CCC12C. The van der Waals surface area contributed by atoms with Crippen molar-refractivity contribution in [1.82, 2.24) is 0 Å². The molecule has 0 heterocycles. The van der Waals surface area contributed by atoms with Crippen molar-refractivity contribution in [2.45, 2.75) is 45.4 Å². The monoisotopic (exact) mass is 280 g/mol. The minimum Gasteiger partial charge on any atom is -0.508 e. The predicted molar refractivity (Wildman–Crippen MR) is 87.2 cm³/mol. The number of allylic oxidation sites excluding steroid dienone is 3. The molecule has 0 aliphatic heterocycles. The van der Waals surface area contributed by atoms with Crippen LogP contribution in [0.1, 0.15) is 56.6 Å². The highest BCUT2D eigenvalue weighted by Gasteiger charge is 2.51. The summed E-state index contributed by atoms with van der Waals surface area (Å²) in [5, 5.41) is 9.70. The molecule has 0 amide bonds. The van der Waals surface area contributed by atoms with Crippen LogP contribution in [-0.4, -0.2) is 5.11 Å². The van der Waals surface area contributed by atoms with E-state index in [0.29, 0.717) is 23.0 Å². The molecule has 1 nitrogen and oxygen atoms in total. The van der Waals surface area contributed by atoms with Crippen molar-refractivity contribution >= 4 is 6.08 Å². The largest absolute Gasteiger partial charge is 0.508 e. The van der Waals surface area contributed by atoms with Crippen LogP contribution in [0.5, 0.6) is 5.75 Å². The fraction of sp³-hybridized carbons (Fsp3) is 0.500. The summed E-state index contributed by atoms with van der Waals surface area (Å²) in [6.45, 7) is 4.71. The first-order chi connectivity index (χ1) is 10.1. The van der Waals surface area contributed by atoms with Crippen LogP contribution in [0.4, 0.5) is 0 Å². The third-order valence-electron chi connectivity index (χ3n) is 6.50. The zero-order valence-corrected chi connectivity index (χ0v) is 13.0. The van der Waals surface area contributed by atoms with E-state index in [1.165, 1.54) is 36.8 Å². The second-order valence-electron chi connectivity index (χ2n) is 7.27. The van der Waals surface area contributed by atoms with E-state index >= 15 is 0 Å². The molecule has 0 aromatic heterocycles. The van der Waals surface area contributed by atoms with E-state index in [-0.39, 0.29) is 0 Å². The van der Waals surface area contributed by atoms with Crippen LogP contribution in [0.15, 0.2) is 35.9 Å². The van der Waals surface area contributed by atoms with Crippen molar-refractivity contribution < 1.29 is 5.11 Å². The molecule has 2 fully saturated rings. The zero-order chi connectivity index (χ0) is 14.6. The molecule has 1 aromatic carbocycles. The quantitative estimate of drug-likeness (QED) is 0.641. The lowest BCUT2D eigenvalue weighted by Crippen LogP contribution is -2.38. The van der Waals surface area contributed by atoms with E-state index in [4.69, 9.17) is 0 Å². The van der Waals surface area contributed by atoms with Gasteiger partial charge in [-0.3, -0.25) is 0 Å². The average Bonchev–Trinajstić information content (AvgIpc) is 2.83. The number of hydrogen-bond donors (Lipinski definition) is 1. The summed E-state index contributed by atoms with van der Waals surface area (Å²) in [5.74, 6) is 2.51. The fourth-order valence-corrected chi connectivity index (χ4v) is 5.41. The van der Waals surface area contributed by atoms with E-state index in [1.807, 2.05) is 12.1 Å². The van der Waals surface area contributed by atoms with Crippen molar-refractivity contribution in [3.05, 3.63) is 47.1 Å². The molecule has 0 bridgehead atoms. The van der Waals surface area contributed by atoms with Crippen molar-refractivity contribution in [3.8, 4) is 5.75 Å². The first kappa shape index (κ1) is 13.2. The van der Waals surface area contributed by atoms with Crippen LogP contribution in [0.3, 0.4) is 0 Å². The summed E-state index contributed by atoms with van der Waals surface area (Å²) in [7, 11) is 0. The van der Waals surface area contributed by atoms with E-state index in [2.05, 4.69) is 38.1 Å². The van der Waals surface area contributed by atoms with Crippen LogP contribution in [0.2, 0.25) is 0 Å². The van der Waals surface area contributed by atoms with Gasteiger partial charge in [-0.05, 0) is 79.0 Å². The Bertz CT molecular complexity index is 639. The third-order valence-corrected chi connectivity index (χ3v) is 6.50. The smallest absolute Gasteiger partial charge is 0.116 e. The van der Waals surface area contributed by atoms with E-state index in [1.54, 1.807) is 5.57 Å². The third kappa shape index (κ3) is 1.76. The van der Waals surface area contributed by atoms with Gasteiger partial charge >= 0.3 is 0 Å². The number of hydrogen-bond acceptors (Lipinski definition) is 1. The van der Waals surface area contributed by atoms with Crippen LogP contribution < -0.4 is 0 Å². The van der Waals surface area contributed by atoms with E-state index in [0.717, 1.165) is 5.92 Å². The molecule has 4 atom stereocenters. The Morgan fingerprint density at radius 3 is 2.95 bits per heavy atom. The minimum atomic E-state index is 0.384. The standard InChI is InChI=1S/C20H24O/c1-3-14-5-9-19-18-7-4-13-12-15(21)6-8-16(13)17(18)10-11-20(14,19)2/h3-4,6-8,12,17-19,21H,5,9-11H2,1-2H3. The molecule has 2 saturated carbocycles. The Labute approximate surface area is 127 Å². The highest BCUT2D eigenvalue weighted by atomic mass is 16.3. The van der Waals surface area contributed by atoms with Gasteiger partial charge in [0.2, 0.25) is 0 Å². The Morgan fingerprint density at radius 1 is 1.29 bits per heavy atom. The Kier molecular flexibility index (Phi) is 2.82. The van der Waals surface area contributed by atoms with E-state index < -0.39 is 0 Å². The first-order valence-electron chi connectivity index (χ1n) is 8.30. The van der Waals surface area contributed by atoms with Gasteiger partial charge in [-0.25, -0.2) is 0 Å². The van der Waals surface area contributed by atoms with Gasteiger partial charge in [-0.2, -0.15) is 0 Å². The number of fused-ring (bicyclic) bond motifs is 5. The summed E-state index contributed by atoms with van der Waals surface area (Å²) in [4.78, 5) is 0. The maximum Gasteiger partial charge on any atom is 0.116 e. The van der Waals surface area contributed by atoms with Gasteiger partial charge in [-0.15, -0.1) is 0 Å². The van der Waals surface area contributed by atoms with Crippen LogP contribution >= 0.6 is 0 Å². The van der Waals surface area contributed by atoms with Crippen molar-refractivity contribution in [3.63, 3.8) is 0 Å². The molecular formula is C20H24O. The molecule has 1 aromatic rings. The number of phenols is 1. The maximum atomic E-state index is 9.70. The lowest BCUT2D eigenvalue weighted by atomic mass is 9.56. The molecule has 1 heteroatoms. The van der Waals surface area contributed by atoms with Crippen LogP contribution in [0, 0.1) is 17.3 Å². The minimum absolute atomic E-state index is 0.384. The highest BCUT2D eigenvalue weighted by molar-refractivity contribution is 5.61. The molecule has 3 aliphatic carbocycles. The molecule has 1 N–H and O–H groups in total. The van der Waals surface area contributed by atoms with Gasteiger partial charge in [0.1, 0.15) is 5.75 Å². The van der Waals surface area contributed by atoms with Gasteiger partial charge in [0.15, 0.2) is 0 Å². The lowest BCUT2D eigenvalue weighted by Gasteiger charge is -2.47. The summed E-state index contributed by atoms with van der Waals surface area (Å²) in [5.41, 5.74) is 4.80. The number of benzene rings is 1. The van der Waals surface area contributed by atoms with Gasteiger partial charge in [0.05, 0.1) is 0 Å². The van der Waals surface area contributed by atoms with Crippen molar-refractivity contribution in [1.29, 1.82) is 0 Å². The average molecular weight is 280 g/mol. The van der Waals surface area contributed by atoms with Gasteiger partial charge in [-0.1, -0.05) is 36.8 Å². The molecule has 4 unspecified atom stereocenters. The van der Waals surface area contributed by atoms with E-state index in [9.17, 15) is 5.11 Å². The summed E-state index contributed by atoms with van der Waals surface area (Å²) < 4.78 is 0. The van der Waals surface area contributed by atoms with Crippen LogP contribution in [0.25, 0.3) is 6.08 Å². The highest BCUT2D eigenvalue weighted by Crippen LogP contribution is 2.62. The van der Waals surface area contributed by atoms with Crippen molar-refractivity contribution in [2.75, 3.05) is 0 Å². The summed E-state index contributed by atoms with van der Waals surface area (Å²) >= 11 is 0. The lowest BCUT2D eigenvalue weighted by molar-refractivity contribution is 0.121. The molecule has 0 saturated heterocycles. The maximum absolute atomic E-state index is 9.70. The summed E-state index contributed by atoms with van der Waals surface area (Å²) in [6.07, 6.45) is 12.3. The molecule has 4 rings (SSSR count). The Hall–Kier alpha value is -1.50. The molecular weight excluding hydrogens is 256 g/mol. The molecule has 21 heavy (non-hydrogen) atoms. The predicted octanol–water partition coefficient (Wildman–Crippen LogP) is 5.28. The fourth-order valence-electron chi connectivity index (χ4n) is 5.41. The zero-order valence-electron chi connectivity index (χ0n) is 13.0. The van der Waals surface area contributed by atoms with Gasteiger partial charge in [0.25, 0.3) is 0 Å². The molecule has 0 radical (unpaired) electrons. The summed E-state index contributed by atoms with van der Waals surface area (Å²) in [6, 6.07) is 5.93. The molecule has 0 spiro atoms. The van der Waals surface area contributed by atoms with Crippen LogP contribution in [-0.2, 0) is 0 Å². The number of aromatic hydroxyl groups is 1. The second kappa shape index (κ2) is 4.50. The Morgan fingerprint density at radius 2 is 2.14 bits per heavy atom. The Balaban J connectivity index is 1.75. The first-order valence-corrected chi connectivity index (χ1v) is 8.30. The number of phenolic OH excluding ortho intramolecular Hbond substituents is 1. The van der Waals surface area contributed by atoms with Gasteiger partial charge in [0, 0.05) is 0 Å².